The van der Waals surface area contributed by atoms with Crippen LogP contribution in [0.3, 0.4) is 0 Å². The number of carbonyl (C=O) groups excluding carboxylic acids is 1. The molecule has 0 N–H and O–H groups in total. The van der Waals surface area contributed by atoms with Gasteiger partial charge in [-0.25, -0.2) is 9.48 Å². The molecule has 0 bridgehead atoms. The van der Waals surface area contributed by atoms with Crippen molar-refractivity contribution in [1.29, 1.82) is 0 Å². The second kappa shape index (κ2) is 7.44. The Balaban J connectivity index is 1.87. The zero-order valence-corrected chi connectivity index (χ0v) is 16.2. The minimum atomic E-state index is -0.446. The quantitative estimate of drug-likeness (QED) is 0.456. The predicted molar refractivity (Wildman–Crippen MR) is 110 cm³/mol. The van der Waals surface area contributed by atoms with Crippen LogP contribution < -0.4 is 0 Å². The fraction of sp³-hybridized carbons (Fsp3) is 0.136. The topological polar surface area (TPSA) is 56.5 Å². The molecule has 4 rings (SSSR count). The van der Waals surface area contributed by atoms with E-state index in [0.717, 1.165) is 22.5 Å². The van der Waals surface area contributed by atoms with Crippen LogP contribution in [0.4, 0.5) is 0 Å². The van der Waals surface area contributed by atoms with Gasteiger partial charge in [-0.15, -0.1) is 0 Å². The highest BCUT2D eigenvalue weighted by Gasteiger charge is 2.28. The van der Waals surface area contributed by atoms with E-state index in [1.54, 1.807) is 10.8 Å². The summed E-state index contributed by atoms with van der Waals surface area (Å²) in [7, 11) is 0. The molecule has 0 saturated heterocycles. The lowest BCUT2D eigenvalue weighted by Gasteiger charge is -2.03. The van der Waals surface area contributed by atoms with E-state index in [2.05, 4.69) is 5.16 Å². The molecule has 0 radical (unpaired) electrons. The molecule has 2 aromatic carbocycles. The number of benzene rings is 2. The highest BCUT2D eigenvalue weighted by Crippen LogP contribution is 2.29. The standard InChI is InChI=1S/C22H18ClN3O2/c1-14(2)20-19(22(27)28-25-20)12-16-13-26(18-6-4-3-5-7-18)24-21(16)15-8-10-17(23)11-9-15/h3-14H,1-2H3. The molecule has 2 heterocycles. The van der Waals surface area contributed by atoms with Gasteiger partial charge in [-0.2, -0.15) is 5.10 Å². The van der Waals surface area contributed by atoms with Crippen LogP contribution >= 0.6 is 11.6 Å². The van der Waals surface area contributed by atoms with E-state index in [1.807, 2.05) is 74.6 Å². The van der Waals surface area contributed by atoms with Crippen molar-refractivity contribution in [3.8, 4) is 16.9 Å². The predicted octanol–water partition coefficient (Wildman–Crippen LogP) is 5.14. The third-order valence-corrected chi connectivity index (χ3v) is 4.70. The lowest BCUT2D eigenvalue weighted by atomic mass is 9.98. The Bertz CT molecular complexity index is 1080. The molecule has 0 fully saturated rings. The van der Waals surface area contributed by atoms with Crippen molar-refractivity contribution in [1.82, 2.24) is 9.78 Å². The summed E-state index contributed by atoms with van der Waals surface area (Å²) in [5.41, 5.74) is 4.47. The van der Waals surface area contributed by atoms with Gasteiger partial charge in [-0.1, -0.05) is 60.9 Å². The lowest BCUT2D eigenvalue weighted by molar-refractivity contribution is -0.136. The normalized spacial score (nSPS) is 15.2. The number of rotatable bonds is 4. The van der Waals surface area contributed by atoms with E-state index >= 15 is 0 Å². The average Bonchev–Trinajstić information content (AvgIpc) is 3.28. The van der Waals surface area contributed by atoms with Crippen molar-refractivity contribution >= 4 is 29.4 Å². The molecule has 1 aromatic heterocycles. The molecule has 3 aromatic rings. The number of hydrogen-bond donors (Lipinski definition) is 0. The van der Waals surface area contributed by atoms with Gasteiger partial charge in [-0.05, 0) is 36.3 Å². The van der Waals surface area contributed by atoms with Crippen LogP contribution in [0.5, 0.6) is 0 Å². The Morgan fingerprint density at radius 3 is 2.46 bits per heavy atom. The molecule has 140 valence electrons. The summed E-state index contributed by atoms with van der Waals surface area (Å²) in [6, 6.07) is 17.3. The van der Waals surface area contributed by atoms with E-state index in [4.69, 9.17) is 21.5 Å². The molecule has 0 unspecified atom stereocenters. The highest BCUT2D eigenvalue weighted by molar-refractivity contribution is 6.30. The van der Waals surface area contributed by atoms with Crippen molar-refractivity contribution in [3.05, 3.63) is 77.0 Å². The number of hydrogen-bond acceptors (Lipinski definition) is 4. The molecule has 5 nitrogen and oxygen atoms in total. The number of nitrogens with zero attached hydrogens (tertiary/aromatic N) is 3. The molecule has 1 aliphatic rings. The summed E-state index contributed by atoms with van der Waals surface area (Å²) in [4.78, 5) is 17.1. The molecular weight excluding hydrogens is 374 g/mol. The van der Waals surface area contributed by atoms with Crippen molar-refractivity contribution in [2.45, 2.75) is 13.8 Å². The third kappa shape index (κ3) is 3.49. The van der Waals surface area contributed by atoms with Gasteiger partial charge in [-0.3, -0.25) is 0 Å². The number of para-hydroxylation sites is 1. The first-order valence-corrected chi connectivity index (χ1v) is 9.33. The first-order valence-electron chi connectivity index (χ1n) is 8.95. The summed E-state index contributed by atoms with van der Waals surface area (Å²) in [5, 5.41) is 9.33. The van der Waals surface area contributed by atoms with E-state index < -0.39 is 5.97 Å². The van der Waals surface area contributed by atoms with Crippen LogP contribution in [0.1, 0.15) is 19.4 Å². The molecule has 0 atom stereocenters. The van der Waals surface area contributed by atoms with Crippen LogP contribution in [0.2, 0.25) is 5.02 Å². The van der Waals surface area contributed by atoms with E-state index in [-0.39, 0.29) is 5.92 Å². The van der Waals surface area contributed by atoms with Crippen LogP contribution in [0.15, 0.2) is 71.5 Å². The Labute approximate surface area is 167 Å². The van der Waals surface area contributed by atoms with E-state index in [1.165, 1.54) is 0 Å². The smallest absolute Gasteiger partial charge is 0.312 e. The Hall–Kier alpha value is -3.18. The van der Waals surface area contributed by atoms with Gasteiger partial charge in [0.15, 0.2) is 0 Å². The largest absolute Gasteiger partial charge is 0.367 e. The number of oxime groups is 1. The molecule has 0 amide bonds. The lowest BCUT2D eigenvalue weighted by Crippen LogP contribution is -2.11. The fourth-order valence-electron chi connectivity index (χ4n) is 3.04. The highest BCUT2D eigenvalue weighted by atomic mass is 35.5. The summed E-state index contributed by atoms with van der Waals surface area (Å²) >= 11 is 6.04. The number of carbonyl (C=O) groups is 1. The maximum Gasteiger partial charge on any atom is 0.367 e. The number of halogens is 1. The molecule has 0 spiro atoms. The first-order chi connectivity index (χ1) is 13.5. The Morgan fingerprint density at radius 2 is 1.79 bits per heavy atom. The maximum atomic E-state index is 12.2. The summed E-state index contributed by atoms with van der Waals surface area (Å²) in [5.74, 6) is -0.376. The van der Waals surface area contributed by atoms with Gasteiger partial charge in [0, 0.05) is 22.3 Å². The SMILES string of the molecule is CC(C)C1=NOC(=O)C1=Cc1cn(-c2ccccc2)nc1-c1ccc(Cl)cc1. The van der Waals surface area contributed by atoms with Gasteiger partial charge in [0.1, 0.15) is 0 Å². The second-order valence-corrected chi connectivity index (χ2v) is 7.22. The molecule has 0 saturated carbocycles. The Morgan fingerprint density at radius 1 is 1.07 bits per heavy atom. The summed E-state index contributed by atoms with van der Waals surface area (Å²) < 4.78 is 1.79. The van der Waals surface area contributed by atoms with Crippen LogP contribution in [0.25, 0.3) is 23.0 Å². The Kier molecular flexibility index (Phi) is 4.84. The van der Waals surface area contributed by atoms with Crippen LogP contribution in [-0.4, -0.2) is 21.5 Å². The summed E-state index contributed by atoms with van der Waals surface area (Å²) in [6.45, 7) is 3.95. The summed E-state index contributed by atoms with van der Waals surface area (Å²) in [6.07, 6.45) is 3.69. The molecule has 1 aliphatic heterocycles. The minimum Gasteiger partial charge on any atom is -0.312 e. The van der Waals surface area contributed by atoms with Gasteiger partial charge in [0.2, 0.25) is 0 Å². The second-order valence-electron chi connectivity index (χ2n) is 6.79. The van der Waals surface area contributed by atoms with Crippen molar-refractivity contribution < 1.29 is 9.63 Å². The zero-order chi connectivity index (χ0) is 19.7. The van der Waals surface area contributed by atoms with Crippen molar-refractivity contribution in [2.24, 2.45) is 11.1 Å². The first kappa shape index (κ1) is 18.2. The fourth-order valence-corrected chi connectivity index (χ4v) is 3.16. The minimum absolute atomic E-state index is 0.0702. The molecule has 6 heteroatoms. The zero-order valence-electron chi connectivity index (χ0n) is 15.5. The van der Waals surface area contributed by atoms with Crippen molar-refractivity contribution in [3.63, 3.8) is 0 Å². The van der Waals surface area contributed by atoms with E-state index in [0.29, 0.717) is 16.3 Å². The monoisotopic (exact) mass is 391 g/mol. The van der Waals surface area contributed by atoms with Gasteiger partial charge < -0.3 is 4.84 Å². The van der Waals surface area contributed by atoms with Gasteiger partial charge in [0.25, 0.3) is 0 Å². The third-order valence-electron chi connectivity index (χ3n) is 4.45. The van der Waals surface area contributed by atoms with Crippen LogP contribution in [-0.2, 0) is 9.63 Å². The van der Waals surface area contributed by atoms with Crippen LogP contribution in [0, 0.1) is 5.92 Å². The van der Waals surface area contributed by atoms with E-state index in [9.17, 15) is 4.79 Å². The van der Waals surface area contributed by atoms with Gasteiger partial charge >= 0.3 is 5.97 Å². The number of aromatic nitrogens is 2. The van der Waals surface area contributed by atoms with Crippen molar-refractivity contribution in [2.75, 3.05) is 0 Å². The molecule has 28 heavy (non-hydrogen) atoms. The maximum absolute atomic E-state index is 12.2. The molecule has 0 aliphatic carbocycles. The van der Waals surface area contributed by atoms with Gasteiger partial charge in [0.05, 0.1) is 22.7 Å². The molecular formula is C22H18ClN3O2. The average molecular weight is 392 g/mol.